The van der Waals surface area contributed by atoms with Crippen LogP contribution in [0, 0.1) is 0 Å². The van der Waals surface area contributed by atoms with Crippen LogP contribution in [0.2, 0.25) is 0 Å². The fraction of sp³-hybridized carbons (Fsp3) is 0. The van der Waals surface area contributed by atoms with Gasteiger partial charge in [-0.3, -0.25) is 0 Å². The van der Waals surface area contributed by atoms with Crippen molar-refractivity contribution in [2.45, 2.75) is 0 Å². The quantitative estimate of drug-likeness (QED) is 0.518. The number of nitrogen functional groups attached to an aromatic ring is 1. The van der Waals surface area contributed by atoms with Crippen molar-refractivity contribution in [2.24, 2.45) is 0 Å². The summed E-state index contributed by atoms with van der Waals surface area (Å²) in [6.45, 7) is 0. The minimum absolute atomic E-state index is 0.817. The van der Waals surface area contributed by atoms with Crippen molar-refractivity contribution >= 4 is 18.0 Å². The summed E-state index contributed by atoms with van der Waals surface area (Å²) in [7, 11) is 0. The number of allylic oxidation sites excluding steroid dienone is 1. The van der Waals surface area contributed by atoms with Gasteiger partial charge >= 0.3 is 0 Å². The maximum atomic E-state index is 5.80. The minimum Gasteiger partial charge on any atom is -0.398 e. The maximum Gasteiger partial charge on any atom is 0.0394 e. The molecule has 1 aliphatic heterocycles. The number of anilines is 1. The average Bonchev–Trinajstić information content (AvgIpc) is 2.30. The Morgan fingerprint density at radius 1 is 1.25 bits per heavy atom. The third-order valence-corrected chi connectivity index (χ3v) is 1.87. The molecule has 2 nitrogen and oxygen atoms in total. The molecule has 0 radical (unpaired) electrons. The summed E-state index contributed by atoms with van der Waals surface area (Å²) in [4.78, 5) is 0. The Labute approximate surface area is 70.7 Å². The van der Waals surface area contributed by atoms with Crippen LogP contribution >= 0.6 is 0 Å². The average molecular weight is 158 g/mol. The molecule has 1 aliphatic rings. The van der Waals surface area contributed by atoms with Crippen molar-refractivity contribution in [3.63, 3.8) is 0 Å². The molecule has 0 amide bonds. The highest BCUT2D eigenvalue weighted by atomic mass is 14.8. The van der Waals surface area contributed by atoms with Crippen molar-refractivity contribution in [2.75, 3.05) is 5.73 Å². The van der Waals surface area contributed by atoms with E-state index in [4.69, 9.17) is 5.73 Å². The highest BCUT2D eigenvalue weighted by Crippen LogP contribution is 1.88. The lowest BCUT2D eigenvalue weighted by Gasteiger charge is -1.93. The molecule has 0 aromatic heterocycles. The second-order valence-electron chi connectivity index (χ2n) is 2.69. The number of benzene rings is 1. The summed E-state index contributed by atoms with van der Waals surface area (Å²) < 4.78 is 0. The first-order chi connectivity index (χ1) is 5.88. The summed E-state index contributed by atoms with van der Waals surface area (Å²) in [6.07, 6.45) is 7.75. The third-order valence-electron chi connectivity index (χ3n) is 1.87. The molecular weight excluding hydrogens is 148 g/mol. The fourth-order valence-electron chi connectivity index (χ4n) is 1.26. The van der Waals surface area contributed by atoms with Gasteiger partial charge in [-0.25, -0.2) is 0 Å². The van der Waals surface area contributed by atoms with Gasteiger partial charge in [0.2, 0.25) is 0 Å². The lowest BCUT2D eigenvalue weighted by molar-refractivity contribution is 1.28. The molecule has 1 aromatic rings. The van der Waals surface area contributed by atoms with Crippen molar-refractivity contribution in [1.29, 1.82) is 0 Å². The van der Waals surface area contributed by atoms with Gasteiger partial charge in [0.15, 0.2) is 0 Å². The van der Waals surface area contributed by atoms with E-state index >= 15 is 0 Å². The van der Waals surface area contributed by atoms with Crippen LogP contribution in [0.5, 0.6) is 0 Å². The number of hydrogen-bond acceptors (Lipinski definition) is 2. The van der Waals surface area contributed by atoms with E-state index < -0.39 is 0 Å². The van der Waals surface area contributed by atoms with Crippen LogP contribution in [0.1, 0.15) is 0 Å². The van der Waals surface area contributed by atoms with Crippen LogP contribution in [0.25, 0.3) is 12.3 Å². The Morgan fingerprint density at radius 2 is 2.17 bits per heavy atom. The van der Waals surface area contributed by atoms with Gasteiger partial charge in [-0.2, -0.15) is 0 Å². The molecule has 12 heavy (non-hydrogen) atoms. The molecule has 0 atom stereocenters. The van der Waals surface area contributed by atoms with Crippen LogP contribution in [0.15, 0.2) is 30.5 Å². The first-order valence-electron chi connectivity index (χ1n) is 3.85. The fourth-order valence-corrected chi connectivity index (χ4v) is 1.26. The second-order valence-corrected chi connectivity index (χ2v) is 2.69. The van der Waals surface area contributed by atoms with E-state index in [2.05, 4.69) is 5.32 Å². The molecule has 3 N–H and O–H groups in total. The van der Waals surface area contributed by atoms with Crippen molar-refractivity contribution < 1.29 is 0 Å². The Morgan fingerprint density at radius 3 is 3.08 bits per heavy atom. The van der Waals surface area contributed by atoms with Gasteiger partial charge in [0, 0.05) is 23.3 Å². The Bertz CT molecular complexity index is 430. The SMILES string of the molecule is Nc1cccc2c1=CC=CNC=2. The first kappa shape index (κ1) is 6.98. The van der Waals surface area contributed by atoms with Gasteiger partial charge < -0.3 is 11.1 Å². The molecule has 0 saturated heterocycles. The van der Waals surface area contributed by atoms with Gasteiger partial charge in [0.1, 0.15) is 0 Å². The molecule has 2 rings (SSSR count). The van der Waals surface area contributed by atoms with E-state index in [-0.39, 0.29) is 0 Å². The Balaban J connectivity index is 2.87. The normalized spacial score (nSPS) is 13.3. The van der Waals surface area contributed by atoms with Crippen molar-refractivity contribution in [3.8, 4) is 0 Å². The highest BCUT2D eigenvalue weighted by Gasteiger charge is 1.90. The van der Waals surface area contributed by atoms with Crippen LogP contribution in [-0.2, 0) is 0 Å². The van der Waals surface area contributed by atoms with Crippen LogP contribution < -0.4 is 21.5 Å². The van der Waals surface area contributed by atoms with Crippen molar-refractivity contribution in [3.05, 3.63) is 40.9 Å². The molecule has 0 saturated carbocycles. The van der Waals surface area contributed by atoms with Crippen molar-refractivity contribution in [1.82, 2.24) is 5.32 Å². The standard InChI is InChI=1S/C10H10N2/c11-10-5-1-3-8-7-12-6-2-4-9(8)10/h1-7,12H,11H2. The number of rotatable bonds is 0. The Hall–Kier alpha value is -1.70. The largest absolute Gasteiger partial charge is 0.398 e. The lowest BCUT2D eigenvalue weighted by atomic mass is 10.2. The number of hydrogen-bond donors (Lipinski definition) is 2. The predicted octanol–water partition coefficient (Wildman–Crippen LogP) is -0.0958. The molecule has 1 heterocycles. The molecule has 0 spiro atoms. The zero-order chi connectivity index (χ0) is 8.39. The lowest BCUT2D eigenvalue weighted by Crippen LogP contribution is -2.27. The van der Waals surface area contributed by atoms with Crippen LogP contribution in [-0.4, -0.2) is 0 Å². The highest BCUT2D eigenvalue weighted by molar-refractivity contribution is 5.52. The third kappa shape index (κ3) is 1.07. The van der Waals surface area contributed by atoms with E-state index in [1.807, 2.05) is 42.8 Å². The van der Waals surface area contributed by atoms with E-state index in [9.17, 15) is 0 Å². The molecule has 0 fully saturated rings. The summed E-state index contributed by atoms with van der Waals surface area (Å²) in [5, 5.41) is 5.25. The number of nitrogens with two attached hydrogens (primary N) is 1. The predicted molar refractivity (Wildman–Crippen MR) is 51.3 cm³/mol. The van der Waals surface area contributed by atoms with E-state index in [0.717, 1.165) is 16.1 Å². The monoisotopic (exact) mass is 158 g/mol. The summed E-state index contributed by atoms with van der Waals surface area (Å²) in [6, 6.07) is 5.88. The molecule has 0 unspecified atom stereocenters. The van der Waals surface area contributed by atoms with Gasteiger partial charge in [0.25, 0.3) is 0 Å². The van der Waals surface area contributed by atoms with Crippen LogP contribution in [0.3, 0.4) is 0 Å². The van der Waals surface area contributed by atoms with Gasteiger partial charge in [-0.05, 0) is 17.4 Å². The molecule has 0 bridgehead atoms. The number of fused-ring (bicyclic) bond motifs is 1. The summed E-state index contributed by atoms with van der Waals surface area (Å²) in [5.41, 5.74) is 6.61. The number of nitrogens with one attached hydrogen (secondary N) is 1. The maximum absolute atomic E-state index is 5.80. The van der Waals surface area contributed by atoms with E-state index in [0.29, 0.717) is 0 Å². The smallest absolute Gasteiger partial charge is 0.0394 e. The molecule has 0 aliphatic carbocycles. The van der Waals surface area contributed by atoms with Gasteiger partial charge in [-0.15, -0.1) is 0 Å². The summed E-state index contributed by atoms with van der Waals surface area (Å²) in [5.74, 6) is 0. The van der Waals surface area contributed by atoms with Gasteiger partial charge in [0.05, 0.1) is 0 Å². The van der Waals surface area contributed by atoms with Crippen LogP contribution in [0.4, 0.5) is 5.69 Å². The molecule has 2 heteroatoms. The topological polar surface area (TPSA) is 38.0 Å². The molecule has 1 aromatic carbocycles. The zero-order valence-electron chi connectivity index (χ0n) is 6.62. The summed E-state index contributed by atoms with van der Waals surface area (Å²) >= 11 is 0. The Kier molecular flexibility index (Phi) is 1.59. The zero-order valence-corrected chi connectivity index (χ0v) is 6.62. The molecule has 60 valence electrons. The molecular formula is C10H10N2. The van der Waals surface area contributed by atoms with E-state index in [1.54, 1.807) is 0 Å². The van der Waals surface area contributed by atoms with E-state index in [1.165, 1.54) is 0 Å². The van der Waals surface area contributed by atoms with Gasteiger partial charge in [-0.1, -0.05) is 18.2 Å². The minimum atomic E-state index is 0.817. The second kappa shape index (κ2) is 2.74. The first-order valence-corrected chi connectivity index (χ1v) is 3.85.